The van der Waals surface area contributed by atoms with Gasteiger partial charge in [-0.2, -0.15) is 0 Å². The van der Waals surface area contributed by atoms with Gasteiger partial charge in [-0.25, -0.2) is 0 Å². The van der Waals surface area contributed by atoms with Crippen LogP contribution in [0.2, 0.25) is 0 Å². The number of rotatable bonds is 2. The van der Waals surface area contributed by atoms with Gasteiger partial charge in [0.15, 0.2) is 0 Å². The van der Waals surface area contributed by atoms with Crippen LogP contribution in [0.15, 0.2) is 59.8 Å². The summed E-state index contributed by atoms with van der Waals surface area (Å²) in [4.78, 5) is 0. The molecular formula is C28H42. The van der Waals surface area contributed by atoms with Gasteiger partial charge >= 0.3 is 0 Å². The lowest BCUT2D eigenvalue weighted by Crippen LogP contribution is -2.44. The first-order chi connectivity index (χ1) is 13.1. The fraction of sp³-hybridized carbons (Fsp3) is 0.643. The molecule has 0 aromatic heterocycles. The molecule has 0 saturated heterocycles. The van der Waals surface area contributed by atoms with Crippen LogP contribution >= 0.6 is 0 Å². The van der Waals surface area contributed by atoms with E-state index >= 15 is 0 Å². The van der Waals surface area contributed by atoms with Gasteiger partial charge in [0, 0.05) is 5.41 Å². The van der Waals surface area contributed by atoms with Crippen LogP contribution in [0.25, 0.3) is 0 Å². The Labute approximate surface area is 174 Å². The minimum absolute atomic E-state index is 0.339. The third kappa shape index (κ3) is 3.53. The van der Waals surface area contributed by atoms with Gasteiger partial charge in [0.1, 0.15) is 0 Å². The molecule has 4 aliphatic carbocycles. The fourth-order valence-electron chi connectivity index (χ4n) is 6.86. The molecule has 0 aromatic carbocycles. The van der Waals surface area contributed by atoms with Crippen molar-refractivity contribution in [2.45, 2.75) is 86.0 Å². The van der Waals surface area contributed by atoms with Gasteiger partial charge in [-0.1, -0.05) is 73.9 Å². The molecule has 2 fully saturated rings. The van der Waals surface area contributed by atoms with Crippen molar-refractivity contribution in [1.82, 2.24) is 0 Å². The molecule has 0 aliphatic heterocycles. The Bertz CT molecular complexity index is 725. The molecule has 0 nitrogen and oxygen atoms in total. The Morgan fingerprint density at radius 2 is 1.79 bits per heavy atom. The molecule has 4 aliphatic rings. The standard InChI is InChI=1S/C24H34.C4H8/c1-6-17(3)20-9-10-21-19-8-7-18-15-16(2)11-13-23(18,4)22(19)12-14-24(20,21)5;1-4(2)3/h12,15,19-21H,2-3,6-11,13-14H2,1,4-5H3;1H2,2-3H3. The summed E-state index contributed by atoms with van der Waals surface area (Å²) in [7, 11) is 0. The van der Waals surface area contributed by atoms with Crippen molar-refractivity contribution >= 4 is 0 Å². The first-order valence-corrected chi connectivity index (χ1v) is 11.5. The molecule has 2 saturated carbocycles. The minimum atomic E-state index is 0.339. The average molecular weight is 379 g/mol. The van der Waals surface area contributed by atoms with Gasteiger partial charge in [-0.05, 0) is 88.4 Å². The van der Waals surface area contributed by atoms with Gasteiger partial charge in [-0.3, -0.25) is 0 Å². The molecule has 0 N–H and O–H groups in total. The van der Waals surface area contributed by atoms with Crippen LogP contribution in [0.4, 0.5) is 0 Å². The van der Waals surface area contributed by atoms with Crippen molar-refractivity contribution < 1.29 is 0 Å². The van der Waals surface area contributed by atoms with Crippen molar-refractivity contribution in [3.05, 3.63) is 59.8 Å². The van der Waals surface area contributed by atoms with Crippen LogP contribution in [-0.4, -0.2) is 0 Å². The van der Waals surface area contributed by atoms with E-state index in [2.05, 4.69) is 52.7 Å². The minimum Gasteiger partial charge on any atom is -0.100 e. The normalized spacial score (nSPS) is 38.8. The first kappa shape index (κ1) is 21.4. The Morgan fingerprint density at radius 3 is 2.43 bits per heavy atom. The highest BCUT2D eigenvalue weighted by Gasteiger charge is 2.55. The molecule has 5 atom stereocenters. The topological polar surface area (TPSA) is 0 Å². The molecule has 0 radical (unpaired) electrons. The second-order valence-corrected chi connectivity index (χ2v) is 10.6. The maximum atomic E-state index is 4.44. The summed E-state index contributed by atoms with van der Waals surface area (Å²) in [6.07, 6.45) is 15.5. The molecule has 28 heavy (non-hydrogen) atoms. The zero-order valence-electron chi connectivity index (χ0n) is 19.2. The number of hydrogen-bond donors (Lipinski definition) is 0. The van der Waals surface area contributed by atoms with E-state index in [1.54, 1.807) is 11.1 Å². The molecule has 0 heterocycles. The first-order valence-electron chi connectivity index (χ1n) is 11.5. The largest absolute Gasteiger partial charge is 0.100 e. The summed E-state index contributed by atoms with van der Waals surface area (Å²) in [5, 5.41) is 0. The summed E-state index contributed by atoms with van der Waals surface area (Å²) < 4.78 is 0. The van der Waals surface area contributed by atoms with E-state index in [4.69, 9.17) is 0 Å². The monoisotopic (exact) mass is 378 g/mol. The van der Waals surface area contributed by atoms with Crippen LogP contribution in [0.1, 0.15) is 86.0 Å². The summed E-state index contributed by atoms with van der Waals surface area (Å²) in [6.45, 7) is 23.6. The smallest absolute Gasteiger partial charge is 0.0101 e. The SMILES string of the molecule is C=C(C)C.C=C1C=C2CCC3C(=CCC4(C)C(C(=C)CC)CCC34)C2(C)CC1. The maximum absolute atomic E-state index is 4.44. The van der Waals surface area contributed by atoms with Crippen LogP contribution < -0.4 is 0 Å². The summed E-state index contributed by atoms with van der Waals surface area (Å²) in [5.74, 6) is 2.46. The number of hydrogen-bond acceptors (Lipinski definition) is 0. The second kappa shape index (κ2) is 7.85. The van der Waals surface area contributed by atoms with Crippen LogP contribution in [0.5, 0.6) is 0 Å². The molecular weight excluding hydrogens is 336 g/mol. The lowest BCUT2D eigenvalue weighted by molar-refractivity contribution is 0.0963. The lowest BCUT2D eigenvalue weighted by atomic mass is 9.51. The molecule has 0 aromatic rings. The van der Waals surface area contributed by atoms with Crippen molar-refractivity contribution in [2.75, 3.05) is 0 Å². The lowest BCUT2D eigenvalue weighted by Gasteiger charge is -2.54. The van der Waals surface area contributed by atoms with Crippen molar-refractivity contribution in [1.29, 1.82) is 0 Å². The van der Waals surface area contributed by atoms with Crippen LogP contribution in [-0.2, 0) is 0 Å². The molecule has 0 heteroatoms. The summed E-state index contributed by atoms with van der Waals surface area (Å²) >= 11 is 0. The molecule has 0 spiro atoms. The van der Waals surface area contributed by atoms with Gasteiger partial charge < -0.3 is 0 Å². The number of fused-ring (bicyclic) bond motifs is 5. The van der Waals surface area contributed by atoms with Crippen LogP contribution in [0, 0.1) is 28.6 Å². The maximum Gasteiger partial charge on any atom is 0.0101 e. The van der Waals surface area contributed by atoms with Crippen molar-refractivity contribution in [3.8, 4) is 0 Å². The van der Waals surface area contributed by atoms with Crippen molar-refractivity contribution in [3.63, 3.8) is 0 Å². The van der Waals surface area contributed by atoms with E-state index in [-0.39, 0.29) is 0 Å². The predicted molar refractivity (Wildman–Crippen MR) is 124 cm³/mol. The molecule has 4 rings (SSSR count). The van der Waals surface area contributed by atoms with E-state index in [0.717, 1.165) is 24.2 Å². The van der Waals surface area contributed by atoms with Crippen LogP contribution in [0.3, 0.4) is 0 Å². The van der Waals surface area contributed by atoms with Gasteiger partial charge in [0.2, 0.25) is 0 Å². The van der Waals surface area contributed by atoms with E-state index in [1.165, 1.54) is 61.7 Å². The molecule has 154 valence electrons. The Morgan fingerprint density at radius 1 is 1.11 bits per heavy atom. The van der Waals surface area contributed by atoms with E-state index in [1.807, 2.05) is 13.8 Å². The highest BCUT2D eigenvalue weighted by Crippen LogP contribution is 2.65. The van der Waals surface area contributed by atoms with E-state index in [0.29, 0.717) is 10.8 Å². The second-order valence-electron chi connectivity index (χ2n) is 10.6. The molecule has 0 amide bonds. The third-order valence-corrected chi connectivity index (χ3v) is 8.40. The average Bonchev–Trinajstić information content (AvgIpc) is 2.98. The summed E-state index contributed by atoms with van der Waals surface area (Å²) in [5.41, 5.74) is 8.31. The zero-order chi connectivity index (χ0) is 20.7. The zero-order valence-corrected chi connectivity index (χ0v) is 19.2. The third-order valence-electron chi connectivity index (χ3n) is 8.40. The molecule has 5 unspecified atom stereocenters. The fourth-order valence-corrected chi connectivity index (χ4v) is 6.86. The van der Waals surface area contributed by atoms with Gasteiger partial charge in [0.25, 0.3) is 0 Å². The Kier molecular flexibility index (Phi) is 6.00. The highest BCUT2D eigenvalue weighted by molar-refractivity contribution is 5.43. The summed E-state index contributed by atoms with van der Waals surface area (Å²) in [6, 6.07) is 0. The van der Waals surface area contributed by atoms with Crippen molar-refractivity contribution in [2.24, 2.45) is 28.6 Å². The highest BCUT2D eigenvalue weighted by atomic mass is 14.6. The Hall–Kier alpha value is -1.30. The quantitative estimate of drug-likeness (QED) is 0.422. The van der Waals surface area contributed by atoms with E-state index < -0.39 is 0 Å². The predicted octanol–water partition coefficient (Wildman–Crippen LogP) is 8.59. The van der Waals surface area contributed by atoms with Gasteiger partial charge in [-0.15, -0.1) is 6.58 Å². The van der Waals surface area contributed by atoms with E-state index in [9.17, 15) is 0 Å². The number of allylic oxidation sites excluding steroid dienone is 7. The van der Waals surface area contributed by atoms with Gasteiger partial charge in [0.05, 0.1) is 0 Å². The molecule has 0 bridgehead atoms. The Balaban J connectivity index is 0.000000516.